The number of ether oxygens (including phenoxy) is 2. The molecule has 4 rings (SSSR count). The predicted octanol–water partition coefficient (Wildman–Crippen LogP) is 1.42. The van der Waals surface area contributed by atoms with Crippen molar-refractivity contribution in [1.29, 1.82) is 0 Å². The molecule has 0 spiro atoms. The standard InChI is InChI=1S/C16H19N5O5/c1-11-4-6-18(7-5-11)16-15(21(23)24)17-19(20(16)22)12-2-3-13-14(10-12)26-9-8-25-13/h2-3,10-11H,4-9H2,1H3. The van der Waals surface area contributed by atoms with Crippen LogP contribution in [0.15, 0.2) is 18.2 Å². The van der Waals surface area contributed by atoms with Gasteiger partial charge in [0.1, 0.15) is 18.9 Å². The summed E-state index contributed by atoms with van der Waals surface area (Å²) in [5.41, 5.74) is 0.379. The fraction of sp³-hybridized carbons (Fsp3) is 0.500. The number of fused-ring (bicyclic) bond motifs is 1. The van der Waals surface area contributed by atoms with Crippen molar-refractivity contribution in [3.63, 3.8) is 0 Å². The van der Waals surface area contributed by atoms with Gasteiger partial charge >= 0.3 is 11.6 Å². The molecule has 0 amide bonds. The summed E-state index contributed by atoms with van der Waals surface area (Å²) < 4.78 is 11.0. The molecular formula is C16H19N5O5. The van der Waals surface area contributed by atoms with E-state index < -0.39 is 10.7 Å². The molecule has 3 heterocycles. The van der Waals surface area contributed by atoms with Gasteiger partial charge in [0.15, 0.2) is 11.5 Å². The maximum atomic E-state index is 12.8. The fourth-order valence-electron chi connectivity index (χ4n) is 3.27. The van der Waals surface area contributed by atoms with Crippen molar-refractivity contribution < 1.29 is 19.2 Å². The Labute approximate surface area is 149 Å². The second-order valence-corrected chi connectivity index (χ2v) is 6.56. The molecule has 0 radical (unpaired) electrons. The normalized spacial score (nSPS) is 17.3. The summed E-state index contributed by atoms with van der Waals surface area (Å²) in [6, 6.07) is 4.89. The molecule has 0 saturated carbocycles. The Kier molecular flexibility index (Phi) is 4.02. The van der Waals surface area contributed by atoms with Gasteiger partial charge in [-0.2, -0.15) is 4.85 Å². The lowest BCUT2D eigenvalue weighted by Gasteiger charge is -2.27. The highest BCUT2D eigenvalue weighted by Gasteiger charge is 2.34. The topological polar surface area (TPSA) is 110 Å². The van der Waals surface area contributed by atoms with Crippen LogP contribution in [0, 0.1) is 21.2 Å². The van der Waals surface area contributed by atoms with Crippen molar-refractivity contribution in [3.05, 3.63) is 33.5 Å². The first-order valence-electron chi connectivity index (χ1n) is 8.57. The lowest BCUT2D eigenvalue weighted by molar-refractivity contribution is -0.677. The van der Waals surface area contributed by atoms with Gasteiger partial charge in [-0.25, -0.2) is 0 Å². The maximum Gasteiger partial charge on any atom is 0.428 e. The van der Waals surface area contributed by atoms with E-state index in [4.69, 9.17) is 9.47 Å². The SMILES string of the molecule is CC1CCN(c2c([N+](=O)[O-])nn(-c3ccc4c(c3)OCCO4)[n+]2[O-])CC1. The number of nitro groups is 1. The number of nitrogens with zero attached hydrogens (tertiary/aromatic N) is 5. The summed E-state index contributed by atoms with van der Waals surface area (Å²) in [6.45, 7) is 4.19. The minimum Gasteiger partial charge on any atom is -0.723 e. The summed E-state index contributed by atoms with van der Waals surface area (Å²) in [7, 11) is 0. The molecule has 1 aromatic heterocycles. The summed E-state index contributed by atoms with van der Waals surface area (Å²) >= 11 is 0. The minimum absolute atomic E-state index is 0.0169. The molecule has 0 bridgehead atoms. The zero-order valence-electron chi connectivity index (χ0n) is 14.3. The van der Waals surface area contributed by atoms with Crippen LogP contribution in [0.4, 0.5) is 11.6 Å². The van der Waals surface area contributed by atoms with Crippen LogP contribution in [0.3, 0.4) is 0 Å². The van der Waals surface area contributed by atoms with E-state index >= 15 is 0 Å². The molecule has 138 valence electrons. The summed E-state index contributed by atoms with van der Waals surface area (Å²) in [5.74, 6) is 1.14. The Morgan fingerprint density at radius 3 is 2.62 bits per heavy atom. The Bertz CT molecular complexity index is 844. The van der Waals surface area contributed by atoms with E-state index in [9.17, 15) is 15.3 Å². The van der Waals surface area contributed by atoms with Gasteiger partial charge in [-0.3, -0.25) is 4.90 Å². The van der Waals surface area contributed by atoms with Gasteiger partial charge in [0.2, 0.25) is 0 Å². The van der Waals surface area contributed by atoms with Crippen molar-refractivity contribution in [1.82, 2.24) is 9.90 Å². The molecule has 0 atom stereocenters. The van der Waals surface area contributed by atoms with Crippen LogP contribution >= 0.6 is 0 Å². The summed E-state index contributed by atoms with van der Waals surface area (Å²) in [5, 5.41) is 28.3. The van der Waals surface area contributed by atoms with Gasteiger partial charge in [0.25, 0.3) is 0 Å². The van der Waals surface area contributed by atoms with Gasteiger partial charge in [0.05, 0.1) is 13.1 Å². The highest BCUT2D eigenvalue weighted by molar-refractivity contribution is 5.52. The van der Waals surface area contributed by atoms with E-state index in [0.29, 0.717) is 54.3 Å². The Morgan fingerprint density at radius 2 is 1.92 bits per heavy atom. The number of piperidine rings is 1. The zero-order chi connectivity index (χ0) is 18.3. The van der Waals surface area contributed by atoms with Crippen LogP contribution in [0.5, 0.6) is 11.5 Å². The number of hydrogen-bond acceptors (Lipinski definition) is 7. The third-order valence-electron chi connectivity index (χ3n) is 4.76. The van der Waals surface area contributed by atoms with Crippen molar-refractivity contribution in [3.8, 4) is 17.2 Å². The van der Waals surface area contributed by atoms with E-state index in [1.807, 2.05) is 0 Å². The van der Waals surface area contributed by atoms with E-state index in [1.165, 1.54) is 0 Å². The number of benzene rings is 1. The molecule has 0 N–H and O–H groups in total. The number of anilines is 1. The summed E-state index contributed by atoms with van der Waals surface area (Å²) in [4.78, 5) is 14.1. The van der Waals surface area contributed by atoms with Gasteiger partial charge in [-0.1, -0.05) is 11.7 Å². The molecule has 0 unspecified atom stereocenters. The molecule has 2 aliphatic rings. The smallest absolute Gasteiger partial charge is 0.428 e. The molecule has 1 aromatic carbocycles. The van der Waals surface area contributed by atoms with Crippen LogP contribution in [-0.4, -0.2) is 41.1 Å². The molecule has 1 saturated heterocycles. The quantitative estimate of drug-likeness (QED) is 0.352. The van der Waals surface area contributed by atoms with E-state index in [-0.39, 0.29) is 5.82 Å². The highest BCUT2D eigenvalue weighted by Crippen LogP contribution is 2.33. The average Bonchev–Trinajstić information content (AvgIpc) is 2.99. The minimum atomic E-state index is -0.615. The van der Waals surface area contributed by atoms with Gasteiger partial charge in [-0.05, 0) is 35.8 Å². The molecule has 10 heteroatoms. The van der Waals surface area contributed by atoms with Crippen LogP contribution in [0.1, 0.15) is 19.8 Å². The maximum absolute atomic E-state index is 12.8. The molecule has 2 aliphatic heterocycles. The molecular weight excluding hydrogens is 342 g/mol. The van der Waals surface area contributed by atoms with Crippen molar-refractivity contribution >= 4 is 11.6 Å². The van der Waals surface area contributed by atoms with E-state index in [2.05, 4.69) is 12.0 Å². The second-order valence-electron chi connectivity index (χ2n) is 6.56. The molecule has 1 fully saturated rings. The molecule has 26 heavy (non-hydrogen) atoms. The van der Waals surface area contributed by atoms with Crippen LogP contribution < -0.4 is 19.2 Å². The van der Waals surface area contributed by atoms with Crippen LogP contribution in [0.25, 0.3) is 5.69 Å². The summed E-state index contributed by atoms with van der Waals surface area (Å²) in [6.07, 6.45) is 1.76. The van der Waals surface area contributed by atoms with Gasteiger partial charge < -0.3 is 24.8 Å². The van der Waals surface area contributed by atoms with Crippen molar-refractivity contribution in [2.45, 2.75) is 19.8 Å². The monoisotopic (exact) mass is 361 g/mol. The predicted molar refractivity (Wildman–Crippen MR) is 90.8 cm³/mol. The first kappa shape index (κ1) is 16.4. The van der Waals surface area contributed by atoms with Gasteiger partial charge in [0, 0.05) is 11.2 Å². The lowest BCUT2D eigenvalue weighted by atomic mass is 9.99. The third-order valence-corrected chi connectivity index (χ3v) is 4.76. The molecule has 0 aliphatic carbocycles. The third kappa shape index (κ3) is 2.76. The van der Waals surface area contributed by atoms with Crippen molar-refractivity contribution in [2.75, 3.05) is 31.2 Å². The van der Waals surface area contributed by atoms with Gasteiger partial charge in [-0.15, -0.1) is 0 Å². The van der Waals surface area contributed by atoms with E-state index in [0.717, 1.165) is 17.6 Å². The Balaban J connectivity index is 1.75. The first-order chi connectivity index (χ1) is 12.5. The Hall–Kier alpha value is -3.04. The zero-order valence-corrected chi connectivity index (χ0v) is 14.3. The average molecular weight is 361 g/mol. The second kappa shape index (κ2) is 6.36. The largest absolute Gasteiger partial charge is 0.723 e. The Morgan fingerprint density at radius 1 is 1.23 bits per heavy atom. The molecule has 2 aromatic rings. The van der Waals surface area contributed by atoms with Crippen molar-refractivity contribution in [2.24, 2.45) is 5.92 Å². The first-order valence-corrected chi connectivity index (χ1v) is 8.57. The number of hydrogen-bond donors (Lipinski definition) is 0. The lowest BCUT2D eigenvalue weighted by Crippen LogP contribution is -2.45. The number of aromatic nitrogens is 3. The van der Waals surface area contributed by atoms with Crippen LogP contribution in [0.2, 0.25) is 0 Å². The molecule has 10 nitrogen and oxygen atoms in total. The van der Waals surface area contributed by atoms with Crippen LogP contribution in [-0.2, 0) is 0 Å². The van der Waals surface area contributed by atoms with E-state index in [1.54, 1.807) is 23.1 Å². The highest BCUT2D eigenvalue weighted by atomic mass is 16.6. The fourth-order valence-corrected chi connectivity index (χ4v) is 3.27. The number of rotatable bonds is 3.